The van der Waals surface area contributed by atoms with Crippen molar-refractivity contribution in [1.29, 1.82) is 0 Å². The van der Waals surface area contributed by atoms with Crippen LogP contribution in [0.25, 0.3) is 11.8 Å². The number of carbonyl (C=O) groups is 1. The molecule has 0 fully saturated rings. The van der Waals surface area contributed by atoms with Gasteiger partial charge in [-0.1, -0.05) is 72.0 Å². The predicted molar refractivity (Wildman–Crippen MR) is 173 cm³/mol. The SMILES string of the molecule is CCOC(=O)C1=C(c2ccccc2)N=c2s/c(=C\c3cc(N=Nc4ccccc4)ccc3O)c(=O)n2[C@H]1c1ccc(OC)cc1. The van der Waals surface area contributed by atoms with Crippen molar-refractivity contribution in [3.8, 4) is 11.5 Å². The van der Waals surface area contributed by atoms with Gasteiger partial charge in [0.1, 0.15) is 11.5 Å². The number of azo groups is 1. The third kappa shape index (κ3) is 6.09. The first kappa shape index (κ1) is 29.5. The number of nitrogens with zero attached hydrogens (tertiary/aromatic N) is 4. The lowest BCUT2D eigenvalue weighted by molar-refractivity contribution is -0.138. The summed E-state index contributed by atoms with van der Waals surface area (Å²) >= 11 is 1.17. The number of carbonyl (C=O) groups excluding carboxylic acids is 1. The number of thiazole rings is 1. The number of rotatable bonds is 8. The molecule has 0 saturated carbocycles. The van der Waals surface area contributed by atoms with E-state index in [0.717, 1.165) is 0 Å². The van der Waals surface area contributed by atoms with Gasteiger partial charge in [0.25, 0.3) is 5.56 Å². The maximum absolute atomic E-state index is 14.2. The lowest BCUT2D eigenvalue weighted by Gasteiger charge is -2.26. The second-order valence-electron chi connectivity index (χ2n) is 9.98. The van der Waals surface area contributed by atoms with E-state index in [1.165, 1.54) is 22.0 Å². The number of methoxy groups -OCH3 is 1. The van der Waals surface area contributed by atoms with Crippen LogP contribution in [0.1, 0.15) is 29.7 Å². The van der Waals surface area contributed by atoms with E-state index in [0.29, 0.717) is 48.8 Å². The smallest absolute Gasteiger partial charge is 0.338 e. The molecule has 1 aliphatic rings. The molecular formula is C35H28N4O5S. The van der Waals surface area contributed by atoms with Gasteiger partial charge >= 0.3 is 5.97 Å². The highest BCUT2D eigenvalue weighted by atomic mass is 32.1. The molecule has 0 radical (unpaired) electrons. The maximum Gasteiger partial charge on any atom is 0.338 e. The Hall–Kier alpha value is -5.61. The van der Waals surface area contributed by atoms with E-state index in [1.54, 1.807) is 44.4 Å². The van der Waals surface area contributed by atoms with E-state index in [1.807, 2.05) is 72.8 Å². The summed E-state index contributed by atoms with van der Waals surface area (Å²) < 4.78 is 12.7. The summed E-state index contributed by atoms with van der Waals surface area (Å²) in [7, 11) is 1.57. The fourth-order valence-electron chi connectivity index (χ4n) is 5.01. The first-order chi connectivity index (χ1) is 22.0. The molecule has 45 heavy (non-hydrogen) atoms. The summed E-state index contributed by atoms with van der Waals surface area (Å²) in [4.78, 5) is 33.0. The van der Waals surface area contributed by atoms with E-state index < -0.39 is 12.0 Å². The van der Waals surface area contributed by atoms with Crippen LogP contribution >= 0.6 is 11.3 Å². The van der Waals surface area contributed by atoms with Crippen molar-refractivity contribution in [3.63, 3.8) is 0 Å². The Morgan fingerprint density at radius 2 is 1.64 bits per heavy atom. The zero-order valence-corrected chi connectivity index (χ0v) is 25.3. The molecule has 0 saturated heterocycles. The Morgan fingerprint density at radius 3 is 2.33 bits per heavy atom. The lowest BCUT2D eigenvalue weighted by Crippen LogP contribution is -2.40. The highest BCUT2D eigenvalue weighted by Gasteiger charge is 2.35. The molecule has 1 aromatic heterocycles. The van der Waals surface area contributed by atoms with Gasteiger partial charge in [0.15, 0.2) is 4.80 Å². The number of aromatic nitrogens is 1. The second kappa shape index (κ2) is 12.9. The molecule has 0 aliphatic carbocycles. The molecule has 6 rings (SSSR count). The van der Waals surface area contributed by atoms with Crippen LogP contribution < -0.4 is 19.6 Å². The predicted octanol–water partition coefficient (Wildman–Crippen LogP) is 6.07. The Morgan fingerprint density at radius 1 is 0.956 bits per heavy atom. The highest BCUT2D eigenvalue weighted by molar-refractivity contribution is 7.07. The monoisotopic (exact) mass is 616 g/mol. The lowest BCUT2D eigenvalue weighted by atomic mass is 9.93. The molecule has 4 aromatic carbocycles. The number of hydrogen-bond acceptors (Lipinski definition) is 9. The van der Waals surface area contributed by atoms with Crippen molar-refractivity contribution < 1.29 is 19.4 Å². The number of benzene rings is 4. The Bertz CT molecular complexity index is 2100. The van der Waals surface area contributed by atoms with Gasteiger partial charge < -0.3 is 14.6 Å². The number of phenols is 1. The average molecular weight is 617 g/mol. The van der Waals surface area contributed by atoms with Crippen molar-refractivity contribution in [1.82, 2.24) is 4.57 Å². The van der Waals surface area contributed by atoms with Crippen LogP contribution in [0.15, 0.2) is 129 Å². The second-order valence-corrected chi connectivity index (χ2v) is 11.0. The minimum atomic E-state index is -0.830. The number of ether oxygens (including phenoxy) is 2. The minimum Gasteiger partial charge on any atom is -0.507 e. The summed E-state index contributed by atoms with van der Waals surface area (Å²) in [6.07, 6.45) is 1.60. The first-order valence-electron chi connectivity index (χ1n) is 14.2. The average Bonchev–Trinajstić information content (AvgIpc) is 3.39. The van der Waals surface area contributed by atoms with E-state index in [9.17, 15) is 14.7 Å². The molecule has 1 N–H and O–H groups in total. The number of aromatic hydroxyl groups is 1. The largest absolute Gasteiger partial charge is 0.507 e. The highest BCUT2D eigenvalue weighted by Crippen LogP contribution is 2.36. The molecule has 9 nitrogen and oxygen atoms in total. The summed E-state index contributed by atoms with van der Waals surface area (Å²) in [6, 6.07) is 29.8. The first-order valence-corrected chi connectivity index (χ1v) is 15.0. The summed E-state index contributed by atoms with van der Waals surface area (Å²) in [5.41, 5.74) is 3.27. The van der Waals surface area contributed by atoms with Gasteiger partial charge in [-0.15, -0.1) is 0 Å². The van der Waals surface area contributed by atoms with Gasteiger partial charge in [-0.25, -0.2) is 9.79 Å². The van der Waals surface area contributed by atoms with Crippen molar-refractivity contribution >= 4 is 40.5 Å². The van der Waals surface area contributed by atoms with Crippen molar-refractivity contribution in [2.24, 2.45) is 15.2 Å². The van der Waals surface area contributed by atoms with E-state index in [4.69, 9.17) is 14.5 Å². The van der Waals surface area contributed by atoms with E-state index in [2.05, 4.69) is 10.2 Å². The molecular weight excluding hydrogens is 588 g/mol. The summed E-state index contributed by atoms with van der Waals surface area (Å²) in [5, 5.41) is 19.2. The van der Waals surface area contributed by atoms with Crippen LogP contribution in [0.5, 0.6) is 11.5 Å². The quantitative estimate of drug-likeness (QED) is 0.168. The molecule has 2 heterocycles. The molecule has 1 aliphatic heterocycles. The van der Waals surface area contributed by atoms with Crippen LogP contribution in [0.2, 0.25) is 0 Å². The topological polar surface area (TPSA) is 115 Å². The van der Waals surface area contributed by atoms with E-state index >= 15 is 0 Å². The number of fused-ring (bicyclic) bond motifs is 1. The normalized spacial score (nSPS) is 14.7. The van der Waals surface area contributed by atoms with Crippen LogP contribution in [0.3, 0.4) is 0 Å². The number of esters is 1. The molecule has 224 valence electrons. The third-order valence-electron chi connectivity index (χ3n) is 7.14. The molecule has 0 unspecified atom stereocenters. The minimum absolute atomic E-state index is 0.0246. The summed E-state index contributed by atoms with van der Waals surface area (Å²) in [6.45, 7) is 1.89. The van der Waals surface area contributed by atoms with Crippen LogP contribution in [-0.4, -0.2) is 29.4 Å². The molecule has 0 bridgehead atoms. The van der Waals surface area contributed by atoms with Gasteiger partial charge in [-0.05, 0) is 61.0 Å². The number of hydrogen-bond donors (Lipinski definition) is 1. The zero-order valence-electron chi connectivity index (χ0n) is 24.5. The van der Waals surface area contributed by atoms with E-state index in [-0.39, 0.29) is 23.5 Å². The molecule has 5 aromatic rings. The van der Waals surface area contributed by atoms with Crippen molar-refractivity contribution in [3.05, 3.63) is 145 Å². The van der Waals surface area contributed by atoms with Crippen LogP contribution in [-0.2, 0) is 9.53 Å². The van der Waals surface area contributed by atoms with Crippen LogP contribution in [0, 0.1) is 0 Å². The van der Waals surface area contributed by atoms with Crippen molar-refractivity contribution in [2.75, 3.05) is 13.7 Å². The Balaban J connectivity index is 1.54. The van der Waals surface area contributed by atoms with Gasteiger partial charge in [0, 0.05) is 11.1 Å². The van der Waals surface area contributed by atoms with Gasteiger partial charge in [-0.2, -0.15) is 10.2 Å². The summed E-state index contributed by atoms with van der Waals surface area (Å²) in [5.74, 6) is 0.0450. The van der Waals surface area contributed by atoms with Crippen molar-refractivity contribution in [2.45, 2.75) is 13.0 Å². The molecule has 10 heteroatoms. The Labute approximate surface area is 262 Å². The standard InChI is InChI=1S/C35H28N4O5S/c1-3-44-34(42)30-31(22-10-6-4-7-11-22)36-35-39(32(30)23-14-17-27(43-2)18-15-23)33(41)29(45-35)21-24-20-26(16-19-28(24)40)38-37-25-12-8-5-9-13-25/h4-21,32,40H,3H2,1-2H3/b29-21-,38-37?/t32-/m0/s1. The fourth-order valence-corrected chi connectivity index (χ4v) is 6.00. The number of phenolic OH excluding ortho intramolecular Hbond substituents is 1. The molecule has 0 spiro atoms. The van der Waals surface area contributed by atoms with Gasteiger partial charge in [0.05, 0.1) is 46.9 Å². The maximum atomic E-state index is 14.2. The molecule has 0 amide bonds. The van der Waals surface area contributed by atoms with Crippen LogP contribution in [0.4, 0.5) is 11.4 Å². The molecule has 1 atom stereocenters. The zero-order chi connectivity index (χ0) is 31.3. The van der Waals surface area contributed by atoms with Gasteiger partial charge in [-0.3, -0.25) is 9.36 Å². The van der Waals surface area contributed by atoms with Gasteiger partial charge in [0.2, 0.25) is 0 Å². The third-order valence-corrected chi connectivity index (χ3v) is 8.12. The fraction of sp³-hybridized carbons (Fsp3) is 0.114. The Kier molecular flexibility index (Phi) is 8.47.